The Hall–Kier alpha value is -1.85. The average molecular weight is 266 g/mol. The molecule has 6 heteroatoms. The molecule has 0 saturated carbocycles. The van der Waals surface area contributed by atoms with Gasteiger partial charge in [0.05, 0.1) is 0 Å². The van der Waals surface area contributed by atoms with Gasteiger partial charge in [0, 0.05) is 18.7 Å². The number of nitrogens with zero attached hydrogens (tertiary/aromatic N) is 3. The van der Waals surface area contributed by atoms with Crippen LogP contribution in [0.5, 0.6) is 0 Å². The van der Waals surface area contributed by atoms with Gasteiger partial charge in [0.25, 0.3) is 0 Å². The van der Waals surface area contributed by atoms with E-state index >= 15 is 0 Å². The first-order valence-electron chi connectivity index (χ1n) is 6.20. The van der Waals surface area contributed by atoms with Crippen LogP contribution >= 0.6 is 0 Å². The molecule has 0 bridgehead atoms. The van der Waals surface area contributed by atoms with Gasteiger partial charge in [-0.25, -0.2) is 9.97 Å². The van der Waals surface area contributed by atoms with Crippen LogP contribution in [0.4, 0.5) is 11.6 Å². The van der Waals surface area contributed by atoms with Crippen molar-refractivity contribution in [2.45, 2.75) is 46.2 Å². The highest BCUT2D eigenvalue weighted by Gasteiger charge is 2.20. The molecule has 6 nitrogen and oxygen atoms in total. The topological polar surface area (TPSA) is 78.3 Å². The quantitative estimate of drug-likeness (QED) is 0.866. The van der Waals surface area contributed by atoms with Crippen LogP contribution in [0.15, 0.2) is 6.07 Å². The molecule has 1 rings (SSSR count). The highest BCUT2D eigenvalue weighted by atomic mass is 16.4. The van der Waals surface area contributed by atoms with Crippen molar-refractivity contribution in [1.82, 2.24) is 9.97 Å². The fourth-order valence-corrected chi connectivity index (χ4v) is 1.42. The van der Waals surface area contributed by atoms with Gasteiger partial charge >= 0.3 is 5.97 Å². The summed E-state index contributed by atoms with van der Waals surface area (Å²) < 4.78 is 0. The molecule has 2 N–H and O–H groups in total. The summed E-state index contributed by atoms with van der Waals surface area (Å²) in [6, 6.07) is 1.07. The molecule has 0 aliphatic rings. The number of nitrogens with one attached hydrogen (secondary N) is 1. The van der Waals surface area contributed by atoms with Gasteiger partial charge in [0.1, 0.15) is 23.5 Å². The Morgan fingerprint density at radius 2 is 2.00 bits per heavy atom. The summed E-state index contributed by atoms with van der Waals surface area (Å²) in [6.45, 7) is 9.61. The van der Waals surface area contributed by atoms with Gasteiger partial charge in [-0.05, 0) is 34.6 Å². The van der Waals surface area contributed by atoms with Crippen molar-refractivity contribution >= 4 is 17.6 Å². The largest absolute Gasteiger partial charge is 0.480 e. The maximum absolute atomic E-state index is 10.9. The second-order valence-electron chi connectivity index (χ2n) is 5.59. The number of carboxylic acids is 1. The first-order chi connectivity index (χ1) is 8.61. The monoisotopic (exact) mass is 266 g/mol. The maximum Gasteiger partial charge on any atom is 0.325 e. The molecule has 0 aliphatic carbocycles. The molecule has 0 aliphatic heterocycles. The third kappa shape index (κ3) is 4.08. The average Bonchev–Trinajstić information content (AvgIpc) is 2.25. The fourth-order valence-electron chi connectivity index (χ4n) is 1.42. The summed E-state index contributed by atoms with van der Waals surface area (Å²) in [5.41, 5.74) is -0.0729. The Labute approximate surface area is 113 Å². The number of aliphatic carboxylic acids is 1. The van der Waals surface area contributed by atoms with Gasteiger partial charge in [-0.3, -0.25) is 4.79 Å². The van der Waals surface area contributed by atoms with Crippen molar-refractivity contribution in [2.75, 3.05) is 17.3 Å². The molecule has 0 aromatic carbocycles. The number of carbonyl (C=O) groups is 1. The third-order valence-corrected chi connectivity index (χ3v) is 2.91. The molecule has 0 amide bonds. The van der Waals surface area contributed by atoms with Crippen LogP contribution in [0.1, 0.15) is 33.5 Å². The molecule has 0 saturated heterocycles. The second-order valence-corrected chi connectivity index (χ2v) is 5.59. The van der Waals surface area contributed by atoms with E-state index in [-0.39, 0.29) is 5.54 Å². The number of hydrogen-bond acceptors (Lipinski definition) is 5. The number of aryl methyl sites for hydroxylation is 1. The molecule has 1 aromatic heterocycles. The molecular weight excluding hydrogens is 244 g/mol. The fraction of sp³-hybridized carbons (Fsp3) is 0.615. The lowest BCUT2D eigenvalue weighted by atomic mass is 10.1. The highest BCUT2D eigenvalue weighted by molar-refractivity contribution is 5.76. The lowest BCUT2D eigenvalue weighted by Gasteiger charge is -2.33. The van der Waals surface area contributed by atoms with Crippen molar-refractivity contribution in [3.8, 4) is 0 Å². The van der Waals surface area contributed by atoms with Gasteiger partial charge in [0.15, 0.2) is 0 Å². The van der Waals surface area contributed by atoms with E-state index in [9.17, 15) is 4.79 Å². The molecule has 1 unspecified atom stereocenters. The highest BCUT2D eigenvalue weighted by Crippen LogP contribution is 2.22. The van der Waals surface area contributed by atoms with Crippen LogP contribution < -0.4 is 10.2 Å². The van der Waals surface area contributed by atoms with Crippen molar-refractivity contribution in [1.29, 1.82) is 0 Å². The van der Waals surface area contributed by atoms with E-state index in [1.165, 1.54) is 0 Å². The summed E-state index contributed by atoms with van der Waals surface area (Å²) in [6.07, 6.45) is 0. The number of rotatable bonds is 4. The van der Waals surface area contributed by atoms with Gasteiger partial charge in [0.2, 0.25) is 0 Å². The van der Waals surface area contributed by atoms with E-state index in [2.05, 4.69) is 36.1 Å². The maximum atomic E-state index is 10.9. The van der Waals surface area contributed by atoms with Crippen LogP contribution in [0.3, 0.4) is 0 Å². The standard InChI is InChI=1S/C13H22N4O2/c1-8(12(18)19)14-10-7-11(16-9(2)15-10)17(6)13(3,4)5/h7-8H,1-6H3,(H,18,19)(H,14,15,16). The molecule has 1 atom stereocenters. The minimum Gasteiger partial charge on any atom is -0.480 e. The molecule has 0 radical (unpaired) electrons. The van der Waals surface area contributed by atoms with Crippen molar-refractivity contribution in [2.24, 2.45) is 0 Å². The van der Waals surface area contributed by atoms with E-state index in [0.717, 1.165) is 5.82 Å². The first kappa shape index (κ1) is 15.2. The van der Waals surface area contributed by atoms with Crippen LogP contribution in [0.25, 0.3) is 0 Å². The summed E-state index contributed by atoms with van der Waals surface area (Å²) in [4.78, 5) is 21.5. The predicted molar refractivity (Wildman–Crippen MR) is 75.6 cm³/mol. The predicted octanol–water partition coefficient (Wildman–Crippen LogP) is 1.90. The van der Waals surface area contributed by atoms with Gasteiger partial charge in [-0.2, -0.15) is 0 Å². The van der Waals surface area contributed by atoms with E-state index in [1.807, 2.05) is 11.9 Å². The summed E-state index contributed by atoms with van der Waals surface area (Å²) in [5.74, 6) is 0.976. The zero-order chi connectivity index (χ0) is 14.8. The Kier molecular flexibility index (Phi) is 4.34. The number of carboxylic acid groups (broad SMARTS) is 1. The number of anilines is 2. The Morgan fingerprint density at radius 1 is 1.42 bits per heavy atom. The van der Waals surface area contributed by atoms with E-state index < -0.39 is 12.0 Å². The first-order valence-corrected chi connectivity index (χ1v) is 6.20. The Morgan fingerprint density at radius 3 is 2.47 bits per heavy atom. The van der Waals surface area contributed by atoms with Crippen LogP contribution in [0.2, 0.25) is 0 Å². The molecule has 1 aromatic rings. The van der Waals surface area contributed by atoms with Gasteiger partial charge in [-0.15, -0.1) is 0 Å². The van der Waals surface area contributed by atoms with E-state index in [1.54, 1.807) is 19.9 Å². The normalized spacial score (nSPS) is 12.9. The van der Waals surface area contributed by atoms with E-state index in [0.29, 0.717) is 11.6 Å². The van der Waals surface area contributed by atoms with E-state index in [4.69, 9.17) is 5.11 Å². The smallest absolute Gasteiger partial charge is 0.325 e. The summed E-state index contributed by atoms with van der Waals surface area (Å²) in [7, 11) is 1.95. The Bertz CT molecular complexity index is 468. The molecule has 0 spiro atoms. The lowest BCUT2D eigenvalue weighted by molar-refractivity contribution is -0.137. The number of hydrogen-bond donors (Lipinski definition) is 2. The second kappa shape index (κ2) is 5.42. The molecule has 106 valence electrons. The Balaban J connectivity index is 3.04. The number of aromatic nitrogens is 2. The molecule has 1 heterocycles. The molecule has 0 fully saturated rings. The van der Waals surface area contributed by atoms with Gasteiger partial charge < -0.3 is 15.3 Å². The zero-order valence-corrected chi connectivity index (χ0v) is 12.4. The van der Waals surface area contributed by atoms with Crippen LogP contribution in [0, 0.1) is 6.92 Å². The van der Waals surface area contributed by atoms with Crippen LogP contribution in [-0.2, 0) is 4.79 Å². The van der Waals surface area contributed by atoms with Crippen molar-refractivity contribution in [3.63, 3.8) is 0 Å². The molecule has 19 heavy (non-hydrogen) atoms. The lowest BCUT2D eigenvalue weighted by Crippen LogP contribution is -2.38. The summed E-state index contributed by atoms with van der Waals surface area (Å²) >= 11 is 0. The minimum absolute atomic E-state index is 0.0729. The molecular formula is C13H22N4O2. The zero-order valence-electron chi connectivity index (χ0n) is 12.4. The third-order valence-electron chi connectivity index (χ3n) is 2.91. The van der Waals surface area contributed by atoms with Gasteiger partial charge in [-0.1, -0.05) is 0 Å². The summed E-state index contributed by atoms with van der Waals surface area (Å²) in [5, 5.41) is 11.8. The van der Waals surface area contributed by atoms with Crippen LogP contribution in [-0.4, -0.2) is 39.7 Å². The van der Waals surface area contributed by atoms with Crippen molar-refractivity contribution in [3.05, 3.63) is 11.9 Å². The SMILES string of the molecule is Cc1nc(NC(C)C(=O)O)cc(N(C)C(C)(C)C)n1. The van der Waals surface area contributed by atoms with Crippen molar-refractivity contribution < 1.29 is 9.90 Å². The minimum atomic E-state index is -0.915.